The molecule has 1 aromatic rings. The van der Waals surface area contributed by atoms with Gasteiger partial charge in [0.25, 0.3) is 0 Å². The lowest BCUT2D eigenvalue weighted by Crippen LogP contribution is -2.59. The second kappa shape index (κ2) is 5.32. The molecule has 0 saturated heterocycles. The number of hydrogen-bond donors (Lipinski definition) is 1. The van der Waals surface area contributed by atoms with E-state index in [1.807, 2.05) is 0 Å². The van der Waals surface area contributed by atoms with Crippen LogP contribution in [0, 0.1) is 5.41 Å². The minimum atomic E-state index is -0.107. The van der Waals surface area contributed by atoms with Gasteiger partial charge in [0.15, 0.2) is 0 Å². The van der Waals surface area contributed by atoms with Gasteiger partial charge in [0.1, 0.15) is 0 Å². The first kappa shape index (κ1) is 12.6. The summed E-state index contributed by atoms with van der Waals surface area (Å²) in [5, 5.41) is 12.2. The molecule has 2 atom stereocenters. The Labute approximate surface area is 113 Å². The summed E-state index contributed by atoms with van der Waals surface area (Å²) in [6.45, 7) is 0.805. The highest BCUT2D eigenvalue weighted by molar-refractivity contribution is 7.09. The summed E-state index contributed by atoms with van der Waals surface area (Å²) in [6.07, 6.45) is 8.26. The van der Waals surface area contributed by atoms with Crippen LogP contribution >= 0.6 is 11.3 Å². The van der Waals surface area contributed by atoms with Crippen molar-refractivity contribution >= 4 is 11.3 Å². The van der Waals surface area contributed by atoms with Crippen LogP contribution in [-0.4, -0.2) is 23.9 Å². The quantitative estimate of drug-likeness (QED) is 0.905. The summed E-state index contributed by atoms with van der Waals surface area (Å²) in [5.41, 5.74) is 0.119. The van der Waals surface area contributed by atoms with E-state index in [-0.39, 0.29) is 11.5 Å². The van der Waals surface area contributed by atoms with Gasteiger partial charge in [-0.05, 0) is 24.3 Å². The molecule has 1 heterocycles. The predicted molar refractivity (Wildman–Crippen MR) is 73.9 cm³/mol. The molecule has 0 amide bonds. The van der Waals surface area contributed by atoms with Gasteiger partial charge in [0, 0.05) is 23.1 Å². The average molecular weight is 266 g/mol. The zero-order valence-corrected chi connectivity index (χ0v) is 11.6. The van der Waals surface area contributed by atoms with Crippen molar-refractivity contribution in [2.45, 2.75) is 57.2 Å². The number of thiophene rings is 1. The maximum absolute atomic E-state index is 10.1. The Morgan fingerprint density at radius 2 is 2.17 bits per heavy atom. The first-order valence-corrected chi connectivity index (χ1v) is 8.01. The molecule has 1 spiro atoms. The lowest BCUT2D eigenvalue weighted by atomic mass is 9.56. The van der Waals surface area contributed by atoms with Crippen LogP contribution in [0.5, 0.6) is 0 Å². The molecule has 18 heavy (non-hydrogen) atoms. The zero-order chi connectivity index (χ0) is 12.4. The molecular weight excluding hydrogens is 244 g/mol. The second-order valence-corrected chi connectivity index (χ2v) is 6.77. The van der Waals surface area contributed by atoms with Gasteiger partial charge in [0.2, 0.25) is 0 Å². The SMILES string of the molecule is OC1CC(OCCc2cccs2)C12CCCCC2. The van der Waals surface area contributed by atoms with E-state index in [1.165, 1.54) is 24.1 Å². The van der Waals surface area contributed by atoms with E-state index in [9.17, 15) is 5.11 Å². The molecule has 2 unspecified atom stereocenters. The summed E-state index contributed by atoms with van der Waals surface area (Å²) in [4.78, 5) is 1.40. The third-order valence-electron chi connectivity index (χ3n) is 4.77. The number of ether oxygens (including phenoxy) is 1. The van der Waals surface area contributed by atoms with Crippen molar-refractivity contribution in [1.29, 1.82) is 0 Å². The molecule has 2 saturated carbocycles. The molecule has 0 aliphatic heterocycles. The van der Waals surface area contributed by atoms with Crippen LogP contribution in [0.15, 0.2) is 17.5 Å². The number of aliphatic hydroxyl groups is 1. The topological polar surface area (TPSA) is 29.5 Å². The Morgan fingerprint density at radius 3 is 2.83 bits per heavy atom. The minimum absolute atomic E-state index is 0.107. The minimum Gasteiger partial charge on any atom is -0.392 e. The van der Waals surface area contributed by atoms with Crippen LogP contribution < -0.4 is 0 Å². The van der Waals surface area contributed by atoms with E-state index in [0.717, 1.165) is 32.3 Å². The summed E-state index contributed by atoms with van der Waals surface area (Å²) >= 11 is 1.80. The third-order valence-corrected chi connectivity index (χ3v) is 5.71. The maximum atomic E-state index is 10.1. The third kappa shape index (κ3) is 2.24. The van der Waals surface area contributed by atoms with Crippen LogP contribution in [0.4, 0.5) is 0 Å². The van der Waals surface area contributed by atoms with Gasteiger partial charge in [-0.1, -0.05) is 25.3 Å². The molecule has 3 heteroatoms. The first-order chi connectivity index (χ1) is 8.81. The van der Waals surface area contributed by atoms with Crippen molar-refractivity contribution < 1.29 is 9.84 Å². The lowest BCUT2D eigenvalue weighted by Gasteiger charge is -2.55. The zero-order valence-electron chi connectivity index (χ0n) is 10.8. The van der Waals surface area contributed by atoms with E-state index in [4.69, 9.17) is 4.74 Å². The molecule has 1 aromatic heterocycles. The molecule has 3 rings (SSSR count). The van der Waals surface area contributed by atoms with E-state index >= 15 is 0 Å². The highest BCUT2D eigenvalue weighted by Gasteiger charge is 2.54. The van der Waals surface area contributed by atoms with Crippen molar-refractivity contribution in [3.8, 4) is 0 Å². The van der Waals surface area contributed by atoms with Gasteiger partial charge in [-0.15, -0.1) is 11.3 Å². The smallest absolute Gasteiger partial charge is 0.0681 e. The highest BCUT2D eigenvalue weighted by Crippen LogP contribution is 2.53. The summed E-state index contributed by atoms with van der Waals surface area (Å²) in [6, 6.07) is 4.26. The molecule has 0 radical (unpaired) electrons. The molecule has 100 valence electrons. The second-order valence-electron chi connectivity index (χ2n) is 5.73. The first-order valence-electron chi connectivity index (χ1n) is 7.13. The van der Waals surface area contributed by atoms with Crippen LogP contribution in [0.25, 0.3) is 0 Å². The van der Waals surface area contributed by atoms with Crippen molar-refractivity contribution in [1.82, 2.24) is 0 Å². The van der Waals surface area contributed by atoms with Crippen molar-refractivity contribution in [3.63, 3.8) is 0 Å². The largest absolute Gasteiger partial charge is 0.392 e. The molecule has 2 aliphatic carbocycles. The molecule has 0 aromatic carbocycles. The summed E-state index contributed by atoms with van der Waals surface area (Å²) in [7, 11) is 0. The van der Waals surface area contributed by atoms with Gasteiger partial charge in [0.05, 0.1) is 18.8 Å². The molecule has 2 aliphatic rings. The Morgan fingerprint density at radius 1 is 1.33 bits per heavy atom. The lowest BCUT2D eigenvalue weighted by molar-refractivity contribution is -0.205. The Balaban J connectivity index is 1.50. The summed E-state index contributed by atoms with van der Waals surface area (Å²) in [5.74, 6) is 0. The van der Waals surface area contributed by atoms with Crippen LogP contribution in [0.3, 0.4) is 0 Å². The Bertz CT molecular complexity index is 368. The van der Waals surface area contributed by atoms with E-state index in [2.05, 4.69) is 17.5 Å². The maximum Gasteiger partial charge on any atom is 0.0681 e. The summed E-state index contributed by atoms with van der Waals surface area (Å²) < 4.78 is 6.06. The standard InChI is InChI=1S/C15H22O2S/c16-13-11-14(15(13)7-2-1-3-8-15)17-9-6-12-5-4-10-18-12/h4-5,10,13-14,16H,1-3,6-9,11H2. The molecular formula is C15H22O2S. The van der Waals surface area contributed by atoms with Crippen molar-refractivity contribution in [2.24, 2.45) is 5.41 Å². The monoisotopic (exact) mass is 266 g/mol. The average Bonchev–Trinajstić information content (AvgIpc) is 2.92. The number of aliphatic hydroxyl groups excluding tert-OH is 1. The van der Waals surface area contributed by atoms with E-state index in [0.29, 0.717) is 6.10 Å². The van der Waals surface area contributed by atoms with Crippen molar-refractivity contribution in [2.75, 3.05) is 6.61 Å². The fraction of sp³-hybridized carbons (Fsp3) is 0.733. The van der Waals surface area contributed by atoms with Gasteiger partial charge < -0.3 is 9.84 Å². The van der Waals surface area contributed by atoms with Crippen LogP contribution in [-0.2, 0) is 11.2 Å². The van der Waals surface area contributed by atoms with Gasteiger partial charge in [-0.3, -0.25) is 0 Å². The van der Waals surface area contributed by atoms with E-state index < -0.39 is 0 Å². The highest BCUT2D eigenvalue weighted by atomic mass is 32.1. The number of rotatable bonds is 4. The van der Waals surface area contributed by atoms with Gasteiger partial charge >= 0.3 is 0 Å². The fourth-order valence-corrected chi connectivity index (χ4v) is 4.27. The normalized spacial score (nSPS) is 30.3. The van der Waals surface area contributed by atoms with E-state index in [1.54, 1.807) is 11.3 Å². The molecule has 2 nitrogen and oxygen atoms in total. The van der Waals surface area contributed by atoms with Gasteiger partial charge in [-0.2, -0.15) is 0 Å². The molecule has 0 bridgehead atoms. The Hall–Kier alpha value is -0.380. The molecule has 1 N–H and O–H groups in total. The Kier molecular flexibility index (Phi) is 3.73. The predicted octanol–water partition coefficient (Wildman–Crippen LogP) is 3.39. The van der Waals surface area contributed by atoms with Crippen LogP contribution in [0.1, 0.15) is 43.4 Å². The fourth-order valence-electron chi connectivity index (χ4n) is 3.58. The number of hydrogen-bond acceptors (Lipinski definition) is 3. The van der Waals surface area contributed by atoms with Crippen molar-refractivity contribution in [3.05, 3.63) is 22.4 Å². The molecule has 2 fully saturated rings. The van der Waals surface area contributed by atoms with Gasteiger partial charge in [-0.25, -0.2) is 0 Å². The van der Waals surface area contributed by atoms with Crippen LogP contribution in [0.2, 0.25) is 0 Å².